The zero-order valence-electron chi connectivity index (χ0n) is 15.5. The maximum Gasteiger partial charge on any atom is 0.246 e. The number of ether oxygens (including phenoxy) is 1. The number of carbonyl (C=O) groups is 1. The minimum absolute atomic E-state index is 0.0510. The number of benzene rings is 1. The van der Waals surface area contributed by atoms with Crippen LogP contribution in [0.4, 0.5) is 0 Å². The van der Waals surface area contributed by atoms with Gasteiger partial charge in [-0.15, -0.1) is 0 Å². The Morgan fingerprint density at radius 2 is 2.15 bits per heavy atom. The average Bonchev–Trinajstić information content (AvgIpc) is 2.61. The number of rotatable bonds is 7. The van der Waals surface area contributed by atoms with E-state index in [9.17, 15) is 13.2 Å². The van der Waals surface area contributed by atoms with Crippen LogP contribution in [0.15, 0.2) is 23.1 Å². The van der Waals surface area contributed by atoms with Crippen LogP contribution in [0, 0.1) is 11.8 Å². The van der Waals surface area contributed by atoms with Crippen molar-refractivity contribution in [3.63, 3.8) is 0 Å². The highest BCUT2D eigenvalue weighted by atomic mass is 35.5. The molecule has 6 nitrogen and oxygen atoms in total. The van der Waals surface area contributed by atoms with E-state index in [2.05, 4.69) is 5.32 Å². The first-order valence-electron chi connectivity index (χ1n) is 8.96. The van der Waals surface area contributed by atoms with Gasteiger partial charge in [-0.25, -0.2) is 8.42 Å². The Morgan fingerprint density at radius 1 is 1.42 bits per heavy atom. The molecule has 1 saturated heterocycles. The van der Waals surface area contributed by atoms with Gasteiger partial charge in [-0.1, -0.05) is 25.4 Å². The molecule has 0 aromatic heterocycles. The number of piperidine rings is 1. The van der Waals surface area contributed by atoms with Gasteiger partial charge in [0, 0.05) is 24.7 Å². The summed E-state index contributed by atoms with van der Waals surface area (Å²) in [5.41, 5.74) is 0. The molecule has 0 unspecified atom stereocenters. The quantitative estimate of drug-likeness (QED) is 0.760. The first-order chi connectivity index (χ1) is 12.3. The van der Waals surface area contributed by atoms with Crippen molar-refractivity contribution in [3.8, 4) is 5.75 Å². The first kappa shape index (κ1) is 21.0. The third kappa shape index (κ3) is 5.11. The summed E-state index contributed by atoms with van der Waals surface area (Å²) >= 11 is 6.01. The van der Waals surface area contributed by atoms with Crippen molar-refractivity contribution < 1.29 is 17.9 Å². The van der Waals surface area contributed by atoms with Gasteiger partial charge in [0.1, 0.15) is 10.6 Å². The number of sulfonamides is 1. The molecule has 1 heterocycles. The van der Waals surface area contributed by atoms with Gasteiger partial charge < -0.3 is 10.1 Å². The van der Waals surface area contributed by atoms with Crippen LogP contribution in [0.3, 0.4) is 0 Å². The fraction of sp³-hybridized carbons (Fsp3) is 0.611. The van der Waals surface area contributed by atoms with Crippen LogP contribution in [-0.4, -0.2) is 44.9 Å². The van der Waals surface area contributed by atoms with Crippen molar-refractivity contribution in [1.82, 2.24) is 9.62 Å². The highest BCUT2D eigenvalue weighted by Crippen LogP contribution is 2.32. The van der Waals surface area contributed by atoms with Crippen LogP contribution in [0.1, 0.15) is 33.6 Å². The smallest absolute Gasteiger partial charge is 0.246 e. The summed E-state index contributed by atoms with van der Waals surface area (Å²) < 4.78 is 33.1. The SMILES string of the molecule is CCOc1ccc(Cl)cc1S(=O)(=O)N1CCC[C@@H](C(=O)NCC(C)C)C1. The number of hydrogen-bond donors (Lipinski definition) is 1. The molecule has 1 aliphatic heterocycles. The zero-order chi connectivity index (χ0) is 19.3. The minimum atomic E-state index is -3.79. The van der Waals surface area contributed by atoms with Gasteiger partial charge >= 0.3 is 0 Å². The standard InChI is InChI=1S/C18H27ClN2O4S/c1-4-25-16-8-7-15(19)10-17(16)26(23,24)21-9-5-6-14(12-21)18(22)20-11-13(2)3/h7-8,10,13-14H,4-6,9,11-12H2,1-3H3,(H,20,22)/t14-/m1/s1. The molecule has 146 valence electrons. The molecule has 0 aliphatic carbocycles. The van der Waals surface area contributed by atoms with Gasteiger partial charge in [-0.05, 0) is 43.9 Å². The molecule has 1 atom stereocenters. The van der Waals surface area contributed by atoms with Gasteiger partial charge in [0.05, 0.1) is 12.5 Å². The van der Waals surface area contributed by atoms with Crippen LogP contribution >= 0.6 is 11.6 Å². The van der Waals surface area contributed by atoms with Crippen molar-refractivity contribution in [3.05, 3.63) is 23.2 Å². The van der Waals surface area contributed by atoms with E-state index in [1.807, 2.05) is 13.8 Å². The number of nitrogens with one attached hydrogen (secondary N) is 1. The Bertz CT molecular complexity index is 737. The molecule has 1 aromatic rings. The average molecular weight is 403 g/mol. The topological polar surface area (TPSA) is 75.7 Å². The molecule has 0 radical (unpaired) electrons. The summed E-state index contributed by atoms with van der Waals surface area (Å²) in [5.74, 6) is 0.201. The maximum absolute atomic E-state index is 13.1. The fourth-order valence-corrected chi connectivity index (χ4v) is 4.84. The van der Waals surface area contributed by atoms with Gasteiger partial charge in [0.15, 0.2) is 0 Å². The molecule has 1 amide bonds. The van der Waals surface area contributed by atoms with E-state index in [0.717, 1.165) is 0 Å². The number of carbonyl (C=O) groups excluding carboxylic acids is 1. The lowest BCUT2D eigenvalue weighted by atomic mass is 9.98. The lowest BCUT2D eigenvalue weighted by molar-refractivity contribution is -0.126. The monoisotopic (exact) mass is 402 g/mol. The van der Waals surface area contributed by atoms with E-state index >= 15 is 0 Å². The van der Waals surface area contributed by atoms with E-state index in [1.54, 1.807) is 19.1 Å². The van der Waals surface area contributed by atoms with E-state index in [1.165, 1.54) is 10.4 Å². The Hall–Kier alpha value is -1.31. The van der Waals surface area contributed by atoms with Crippen LogP contribution in [-0.2, 0) is 14.8 Å². The highest BCUT2D eigenvalue weighted by molar-refractivity contribution is 7.89. The molecular formula is C18H27ClN2O4S. The Labute approximate surface area is 160 Å². The molecule has 26 heavy (non-hydrogen) atoms. The van der Waals surface area contributed by atoms with Crippen LogP contribution in [0.5, 0.6) is 5.75 Å². The maximum atomic E-state index is 13.1. The summed E-state index contributed by atoms with van der Waals surface area (Å²) in [5, 5.41) is 3.23. The number of nitrogens with zero attached hydrogens (tertiary/aromatic N) is 1. The lowest BCUT2D eigenvalue weighted by Crippen LogP contribution is -2.46. The number of hydrogen-bond acceptors (Lipinski definition) is 4. The number of amides is 1. The Morgan fingerprint density at radius 3 is 2.81 bits per heavy atom. The summed E-state index contributed by atoms with van der Waals surface area (Å²) in [6.45, 7) is 7.33. The van der Waals surface area contributed by atoms with Crippen molar-refractivity contribution >= 4 is 27.5 Å². The second-order valence-electron chi connectivity index (χ2n) is 6.87. The van der Waals surface area contributed by atoms with Gasteiger partial charge in [0.25, 0.3) is 0 Å². The molecule has 0 bridgehead atoms. The third-order valence-electron chi connectivity index (χ3n) is 4.26. The van der Waals surface area contributed by atoms with Crippen molar-refractivity contribution in [1.29, 1.82) is 0 Å². The zero-order valence-corrected chi connectivity index (χ0v) is 17.1. The third-order valence-corrected chi connectivity index (χ3v) is 6.38. The van der Waals surface area contributed by atoms with E-state index < -0.39 is 10.0 Å². The molecule has 1 fully saturated rings. The summed E-state index contributed by atoms with van der Waals surface area (Å²) in [7, 11) is -3.79. The van der Waals surface area contributed by atoms with Crippen molar-refractivity contribution in [2.75, 3.05) is 26.2 Å². The van der Waals surface area contributed by atoms with Crippen molar-refractivity contribution in [2.45, 2.75) is 38.5 Å². The Balaban J connectivity index is 2.21. The molecular weight excluding hydrogens is 376 g/mol. The molecule has 1 aliphatic rings. The number of halogens is 1. The van der Waals surface area contributed by atoms with E-state index in [4.69, 9.17) is 16.3 Å². The minimum Gasteiger partial charge on any atom is -0.492 e. The highest BCUT2D eigenvalue weighted by Gasteiger charge is 2.35. The van der Waals surface area contributed by atoms with Gasteiger partial charge in [-0.3, -0.25) is 4.79 Å². The molecule has 8 heteroatoms. The van der Waals surface area contributed by atoms with Gasteiger partial charge in [-0.2, -0.15) is 4.31 Å². The largest absolute Gasteiger partial charge is 0.492 e. The van der Waals surface area contributed by atoms with Gasteiger partial charge in [0.2, 0.25) is 15.9 Å². The van der Waals surface area contributed by atoms with E-state index in [-0.39, 0.29) is 29.0 Å². The van der Waals surface area contributed by atoms with Crippen LogP contribution in [0.2, 0.25) is 5.02 Å². The summed E-state index contributed by atoms with van der Waals surface area (Å²) in [4.78, 5) is 12.4. The second kappa shape index (κ2) is 9.06. The van der Waals surface area contributed by atoms with E-state index in [0.29, 0.717) is 43.5 Å². The van der Waals surface area contributed by atoms with Crippen LogP contribution in [0.25, 0.3) is 0 Å². The normalized spacial score (nSPS) is 18.7. The lowest BCUT2D eigenvalue weighted by Gasteiger charge is -2.31. The first-order valence-corrected chi connectivity index (χ1v) is 10.8. The van der Waals surface area contributed by atoms with Crippen LogP contribution < -0.4 is 10.1 Å². The molecule has 0 saturated carbocycles. The molecule has 0 spiro atoms. The summed E-state index contributed by atoms with van der Waals surface area (Å²) in [6.07, 6.45) is 1.33. The summed E-state index contributed by atoms with van der Waals surface area (Å²) in [6, 6.07) is 4.57. The van der Waals surface area contributed by atoms with Crippen molar-refractivity contribution in [2.24, 2.45) is 11.8 Å². The molecule has 2 rings (SSSR count). The molecule has 1 N–H and O–H groups in total. The predicted molar refractivity (Wildman–Crippen MR) is 102 cm³/mol. The fourth-order valence-electron chi connectivity index (χ4n) is 2.92. The predicted octanol–water partition coefficient (Wildman–Crippen LogP) is 2.91. The molecule has 1 aromatic carbocycles. The second-order valence-corrected chi connectivity index (χ2v) is 9.21. The Kier molecular flexibility index (Phi) is 7.32.